The summed E-state index contributed by atoms with van der Waals surface area (Å²) in [5, 5.41) is 4.40. The van der Waals surface area contributed by atoms with E-state index in [0.717, 1.165) is 122 Å². The van der Waals surface area contributed by atoms with Gasteiger partial charge < -0.3 is 9.13 Å². The Morgan fingerprint density at radius 1 is 0.169 bits per heavy atom. The number of benzene rings is 18. The van der Waals surface area contributed by atoms with Crippen LogP contribution in [0.15, 0.2) is 437 Å². The van der Waals surface area contributed by atoms with E-state index in [1.54, 1.807) is 0 Å². The molecule has 3 aliphatic carbocycles. The van der Waals surface area contributed by atoms with Crippen molar-refractivity contribution in [3.63, 3.8) is 0 Å². The smallest absolute Gasteiger partial charge is 0.164 e. The minimum atomic E-state index is -0.721. The summed E-state index contributed by atoms with van der Waals surface area (Å²) in [6.45, 7) is 0. The second-order valence-electron chi connectivity index (χ2n) is 32.6. The van der Waals surface area contributed by atoms with Gasteiger partial charge in [0.25, 0.3) is 0 Å². The zero-order valence-electron chi connectivity index (χ0n) is 67.1. The van der Waals surface area contributed by atoms with Crippen molar-refractivity contribution in [2.24, 2.45) is 0 Å². The summed E-state index contributed by atoms with van der Waals surface area (Å²) in [6.07, 6.45) is 0. The fraction of sp³-hybridized carbons (Fsp3) is 0.0172. The summed E-state index contributed by atoms with van der Waals surface area (Å²) in [7, 11) is 0. The summed E-state index contributed by atoms with van der Waals surface area (Å²) in [5.41, 5.74) is 33.4. The molecule has 0 saturated carbocycles. The van der Waals surface area contributed by atoms with Gasteiger partial charge in [0.1, 0.15) is 0 Å². The van der Waals surface area contributed by atoms with Gasteiger partial charge in [-0.05, 0) is 178 Å². The third kappa shape index (κ3) is 10.6. The molecular formula is C116H72N8. The lowest BCUT2D eigenvalue weighted by Crippen LogP contribution is -2.29. The molecule has 0 radical (unpaired) electrons. The van der Waals surface area contributed by atoms with Crippen LogP contribution in [0.4, 0.5) is 0 Å². The van der Waals surface area contributed by atoms with Crippen molar-refractivity contribution in [2.75, 3.05) is 0 Å². The Bertz CT molecular complexity index is 7920. The van der Waals surface area contributed by atoms with Gasteiger partial charge >= 0.3 is 0 Å². The molecule has 4 aromatic heterocycles. The average molecular weight is 1580 g/mol. The first-order chi connectivity index (χ1) is 61.5. The molecular weight excluding hydrogens is 1510 g/mol. The van der Waals surface area contributed by atoms with E-state index in [1.807, 2.05) is 36.4 Å². The van der Waals surface area contributed by atoms with Gasteiger partial charge in [0, 0.05) is 66.3 Å². The third-order valence-electron chi connectivity index (χ3n) is 26.1. The molecule has 25 rings (SSSR count). The van der Waals surface area contributed by atoms with E-state index >= 15 is 0 Å². The molecule has 1 spiro atoms. The molecule has 124 heavy (non-hydrogen) atoms. The number of fused-ring (bicyclic) bond motifs is 19. The van der Waals surface area contributed by atoms with Crippen molar-refractivity contribution >= 4 is 43.6 Å². The highest BCUT2D eigenvalue weighted by molar-refractivity contribution is 6.20. The van der Waals surface area contributed by atoms with Gasteiger partial charge in [-0.25, -0.2) is 29.9 Å². The van der Waals surface area contributed by atoms with Crippen molar-refractivity contribution in [1.29, 1.82) is 0 Å². The number of hydrogen-bond donors (Lipinski definition) is 0. The Balaban J connectivity index is 0.750. The van der Waals surface area contributed by atoms with Crippen molar-refractivity contribution in [1.82, 2.24) is 39.0 Å². The topological polar surface area (TPSA) is 87.2 Å². The molecule has 0 N–H and O–H groups in total. The normalized spacial score (nSPS) is 13.0. The molecule has 8 nitrogen and oxygen atoms in total. The summed E-state index contributed by atoms with van der Waals surface area (Å²) in [5.74, 6) is 3.35. The van der Waals surface area contributed by atoms with Crippen LogP contribution in [0.1, 0.15) is 44.5 Å². The van der Waals surface area contributed by atoms with Crippen molar-refractivity contribution in [2.45, 2.75) is 10.8 Å². The van der Waals surface area contributed by atoms with Crippen molar-refractivity contribution in [3.05, 3.63) is 481 Å². The number of rotatable bonds is 13. The first kappa shape index (κ1) is 70.6. The van der Waals surface area contributed by atoms with Crippen molar-refractivity contribution < 1.29 is 0 Å². The predicted molar refractivity (Wildman–Crippen MR) is 504 cm³/mol. The van der Waals surface area contributed by atoms with Gasteiger partial charge in [-0.3, -0.25) is 0 Å². The molecule has 0 atom stereocenters. The maximum atomic E-state index is 5.88. The molecule has 0 aliphatic heterocycles. The summed E-state index contributed by atoms with van der Waals surface area (Å²) < 4.78 is 4.87. The first-order valence-corrected chi connectivity index (χ1v) is 42.4. The SMILES string of the molecule is c1ccc(-c2nc(-c3ccccc3)nc(-c3cc(-c4cccc5c4C4(c6ccccc6-c6ccccc64)c4ccccc4-5)c4c5cc(-c6ccccc6-c6nc(-c7ccccc7)nc(-c7cc(-c8cccc9c8C(c8ccccc8)(c8ccccc8)c8ccccc8-9)c8c9ccccc9n(-c9ccccc9)c8c7)n6)ccc5n(-c5ccccc5)c4c3)n2)cc1. The number of para-hydroxylation sites is 3. The average Bonchev–Trinajstić information content (AvgIpc) is 1.50. The zero-order chi connectivity index (χ0) is 81.6. The Kier molecular flexibility index (Phi) is 16.0. The van der Waals surface area contributed by atoms with E-state index in [1.165, 1.54) is 77.9 Å². The third-order valence-corrected chi connectivity index (χ3v) is 26.1. The summed E-state index contributed by atoms with van der Waals surface area (Å²) >= 11 is 0. The largest absolute Gasteiger partial charge is 0.309 e. The number of hydrogen-bond acceptors (Lipinski definition) is 6. The van der Waals surface area contributed by atoms with Crippen LogP contribution in [0.3, 0.4) is 0 Å². The monoisotopic (exact) mass is 1580 g/mol. The van der Waals surface area contributed by atoms with E-state index in [0.29, 0.717) is 34.9 Å². The fourth-order valence-corrected chi connectivity index (χ4v) is 21.1. The Labute approximate surface area is 716 Å². The first-order valence-electron chi connectivity index (χ1n) is 42.4. The molecule has 0 bridgehead atoms. The Hall–Kier alpha value is -16.4. The Morgan fingerprint density at radius 3 is 0.919 bits per heavy atom. The van der Waals surface area contributed by atoms with Crippen LogP contribution in [0.25, 0.3) is 190 Å². The number of aromatic nitrogens is 8. The molecule has 576 valence electrons. The second-order valence-corrected chi connectivity index (χ2v) is 32.6. The number of nitrogens with zero attached hydrogens (tertiary/aromatic N) is 8. The van der Waals surface area contributed by atoms with E-state index in [-0.39, 0.29) is 0 Å². The van der Waals surface area contributed by atoms with Crippen LogP contribution in [-0.4, -0.2) is 39.0 Å². The Morgan fingerprint density at radius 2 is 0.476 bits per heavy atom. The van der Waals surface area contributed by atoms with Crippen LogP contribution in [0.5, 0.6) is 0 Å². The van der Waals surface area contributed by atoms with Crippen LogP contribution in [-0.2, 0) is 10.8 Å². The second kappa shape index (κ2) is 28.1. The van der Waals surface area contributed by atoms with Crippen LogP contribution < -0.4 is 0 Å². The van der Waals surface area contributed by atoms with Gasteiger partial charge in [-0.15, -0.1) is 0 Å². The lowest BCUT2D eigenvalue weighted by atomic mass is 9.66. The van der Waals surface area contributed by atoms with Gasteiger partial charge in [0.2, 0.25) is 0 Å². The molecule has 18 aromatic carbocycles. The van der Waals surface area contributed by atoms with E-state index in [9.17, 15) is 0 Å². The van der Waals surface area contributed by atoms with E-state index < -0.39 is 10.8 Å². The molecule has 4 heterocycles. The highest BCUT2D eigenvalue weighted by Gasteiger charge is 2.53. The molecule has 0 saturated heterocycles. The standard InChI is InChI=1S/C116H72N8/c1-8-36-73(37-9-1)109-117-110(74-38-10-2-11-39-74)119-112(118-109)77-70-95(91-60-35-58-89-87-54-27-32-64-100(87)116(108(89)91)98-62-30-24-51-84(98)85-52-25-31-63-99(85)116)106-96-68-76(66-67-102(96)124(104(106)72-77)82-48-20-7-21-49-82)83-50-22-23-55-92(83)114-121-111(75-40-12-3-13-41-75)120-113(122-114)78-69-94(105-93-56-28-33-65-101(93)123(103(105)71-78)81-46-18-6-19-47-81)90-59-34-57-88-86-53-26-29-61-97(86)115(107(88)90,79-42-14-4-15-43-79)80-44-16-5-17-45-80/h1-72H. The maximum Gasteiger partial charge on any atom is 0.164 e. The lowest BCUT2D eigenvalue weighted by Gasteiger charge is -2.35. The van der Waals surface area contributed by atoms with Gasteiger partial charge in [-0.1, -0.05) is 370 Å². The fourth-order valence-electron chi connectivity index (χ4n) is 21.1. The predicted octanol–water partition coefficient (Wildman–Crippen LogP) is 28.0. The summed E-state index contributed by atoms with van der Waals surface area (Å²) in [6, 6.07) is 159. The lowest BCUT2D eigenvalue weighted by molar-refractivity contribution is 0.770. The quantitative estimate of drug-likeness (QED) is 0.114. The summed E-state index contributed by atoms with van der Waals surface area (Å²) in [4.78, 5) is 33.5. The van der Waals surface area contributed by atoms with Crippen LogP contribution in [0.2, 0.25) is 0 Å². The highest BCUT2D eigenvalue weighted by Crippen LogP contribution is 2.66. The van der Waals surface area contributed by atoms with Crippen LogP contribution in [0, 0.1) is 0 Å². The molecule has 22 aromatic rings. The zero-order valence-corrected chi connectivity index (χ0v) is 67.1. The minimum absolute atomic E-state index is 0.536. The van der Waals surface area contributed by atoms with E-state index in [4.69, 9.17) is 29.9 Å². The van der Waals surface area contributed by atoms with Crippen LogP contribution >= 0.6 is 0 Å². The molecule has 8 heteroatoms. The molecule has 0 unspecified atom stereocenters. The van der Waals surface area contributed by atoms with Crippen molar-refractivity contribution in [3.8, 4) is 146 Å². The van der Waals surface area contributed by atoms with Gasteiger partial charge in [-0.2, -0.15) is 0 Å². The molecule has 0 amide bonds. The highest BCUT2D eigenvalue weighted by atomic mass is 15.1. The molecule has 0 fully saturated rings. The van der Waals surface area contributed by atoms with Gasteiger partial charge in [0.15, 0.2) is 34.9 Å². The van der Waals surface area contributed by atoms with Gasteiger partial charge in [0.05, 0.1) is 32.9 Å². The van der Waals surface area contributed by atoms with E-state index in [2.05, 4.69) is 410 Å². The minimum Gasteiger partial charge on any atom is -0.309 e. The molecule has 3 aliphatic rings. The maximum absolute atomic E-state index is 5.88.